The third kappa shape index (κ3) is 5.71. The van der Waals surface area contributed by atoms with E-state index < -0.39 is 19.0 Å². The molecule has 1 atom stereocenters. The van der Waals surface area contributed by atoms with Crippen LogP contribution in [-0.2, 0) is 4.79 Å². The first-order valence-corrected chi connectivity index (χ1v) is 6.50. The molecule has 18 heavy (non-hydrogen) atoms. The van der Waals surface area contributed by atoms with Gasteiger partial charge in [-0.1, -0.05) is 6.92 Å². The zero-order valence-corrected chi connectivity index (χ0v) is 10.7. The molecule has 0 radical (unpaired) electrons. The maximum atomic E-state index is 12.1. The summed E-state index contributed by atoms with van der Waals surface area (Å²) in [5.74, 6) is -0.386. The Bertz CT molecular complexity index is 263. The fourth-order valence-corrected chi connectivity index (χ4v) is 2.17. The van der Waals surface area contributed by atoms with E-state index in [1.807, 2.05) is 6.92 Å². The molecular formula is C12H21F3N2O. The molecule has 0 spiro atoms. The van der Waals surface area contributed by atoms with E-state index in [0.717, 1.165) is 25.8 Å². The number of rotatable bonds is 6. The van der Waals surface area contributed by atoms with E-state index in [0.29, 0.717) is 13.1 Å². The van der Waals surface area contributed by atoms with Gasteiger partial charge in [-0.15, -0.1) is 0 Å². The summed E-state index contributed by atoms with van der Waals surface area (Å²) in [6, 6.07) is 0.242. The second kappa shape index (κ2) is 6.97. The molecule has 0 saturated carbocycles. The van der Waals surface area contributed by atoms with E-state index in [1.165, 1.54) is 0 Å². The van der Waals surface area contributed by atoms with Crippen molar-refractivity contribution < 1.29 is 18.0 Å². The van der Waals surface area contributed by atoms with Gasteiger partial charge in [-0.2, -0.15) is 13.2 Å². The molecule has 1 fully saturated rings. The van der Waals surface area contributed by atoms with Crippen LogP contribution in [0.5, 0.6) is 0 Å². The zero-order chi connectivity index (χ0) is 13.6. The van der Waals surface area contributed by atoms with Crippen LogP contribution in [-0.4, -0.2) is 42.7 Å². The van der Waals surface area contributed by atoms with Gasteiger partial charge in [0.25, 0.3) is 0 Å². The molecule has 106 valence electrons. The van der Waals surface area contributed by atoms with Gasteiger partial charge in [-0.25, -0.2) is 0 Å². The molecule has 1 aliphatic rings. The van der Waals surface area contributed by atoms with Crippen LogP contribution in [0.2, 0.25) is 0 Å². The van der Waals surface area contributed by atoms with Crippen molar-refractivity contribution in [3.05, 3.63) is 0 Å². The Balaban J connectivity index is 2.41. The van der Waals surface area contributed by atoms with Crippen LogP contribution >= 0.6 is 0 Å². The molecule has 3 nitrogen and oxygen atoms in total. The van der Waals surface area contributed by atoms with Gasteiger partial charge in [0.15, 0.2) is 0 Å². The molecule has 0 aromatic rings. The first-order valence-electron chi connectivity index (χ1n) is 6.50. The molecule has 1 aliphatic heterocycles. The molecule has 0 aromatic carbocycles. The molecule has 1 rings (SSSR count). The van der Waals surface area contributed by atoms with Crippen LogP contribution in [0.1, 0.15) is 39.0 Å². The molecule has 1 N–H and O–H groups in total. The number of nitrogens with one attached hydrogen (secondary N) is 1. The predicted molar refractivity (Wildman–Crippen MR) is 63.2 cm³/mol. The number of carbonyl (C=O) groups is 1. The van der Waals surface area contributed by atoms with Crippen molar-refractivity contribution in [2.24, 2.45) is 0 Å². The lowest BCUT2D eigenvalue weighted by Gasteiger charge is -2.25. The SMILES string of the molecule is CCCN(CC1CCCN1)C(=O)CCC(F)(F)F. The van der Waals surface area contributed by atoms with E-state index in [-0.39, 0.29) is 11.9 Å². The van der Waals surface area contributed by atoms with Crippen LogP contribution in [0.25, 0.3) is 0 Å². The summed E-state index contributed by atoms with van der Waals surface area (Å²) < 4.78 is 36.3. The third-order valence-electron chi connectivity index (χ3n) is 3.07. The first kappa shape index (κ1) is 15.3. The zero-order valence-electron chi connectivity index (χ0n) is 10.7. The minimum absolute atomic E-state index is 0.242. The minimum atomic E-state index is -4.25. The van der Waals surface area contributed by atoms with Gasteiger partial charge in [0.2, 0.25) is 5.91 Å². The molecule has 1 saturated heterocycles. The Labute approximate surface area is 106 Å². The highest BCUT2D eigenvalue weighted by molar-refractivity contribution is 5.76. The third-order valence-corrected chi connectivity index (χ3v) is 3.07. The topological polar surface area (TPSA) is 32.3 Å². The Hall–Kier alpha value is -0.780. The smallest absolute Gasteiger partial charge is 0.341 e. The van der Waals surface area contributed by atoms with Gasteiger partial charge >= 0.3 is 6.18 Å². The van der Waals surface area contributed by atoms with Gasteiger partial charge in [-0.3, -0.25) is 4.79 Å². The van der Waals surface area contributed by atoms with Crippen molar-refractivity contribution in [3.63, 3.8) is 0 Å². The Kier molecular flexibility index (Phi) is 5.91. The fourth-order valence-electron chi connectivity index (χ4n) is 2.17. The van der Waals surface area contributed by atoms with Crippen molar-refractivity contribution in [1.82, 2.24) is 10.2 Å². The van der Waals surface area contributed by atoms with Crippen LogP contribution in [0.15, 0.2) is 0 Å². The van der Waals surface area contributed by atoms with Crippen LogP contribution in [0.4, 0.5) is 13.2 Å². The average Bonchev–Trinajstić information content (AvgIpc) is 2.77. The van der Waals surface area contributed by atoms with Crippen LogP contribution in [0, 0.1) is 0 Å². The second-order valence-corrected chi connectivity index (χ2v) is 4.75. The van der Waals surface area contributed by atoms with E-state index in [9.17, 15) is 18.0 Å². The van der Waals surface area contributed by atoms with Gasteiger partial charge in [0.1, 0.15) is 0 Å². The van der Waals surface area contributed by atoms with Crippen molar-refractivity contribution in [2.45, 2.75) is 51.2 Å². The van der Waals surface area contributed by atoms with Gasteiger partial charge < -0.3 is 10.2 Å². The molecule has 6 heteroatoms. The highest BCUT2D eigenvalue weighted by Gasteiger charge is 2.29. The molecule has 1 unspecified atom stereocenters. The highest BCUT2D eigenvalue weighted by Crippen LogP contribution is 2.22. The summed E-state index contributed by atoms with van der Waals surface area (Å²) in [4.78, 5) is 13.3. The highest BCUT2D eigenvalue weighted by atomic mass is 19.4. The normalized spacial score (nSPS) is 20.1. The number of amides is 1. The summed E-state index contributed by atoms with van der Waals surface area (Å²) in [5.41, 5.74) is 0. The van der Waals surface area contributed by atoms with Gasteiger partial charge in [-0.05, 0) is 25.8 Å². The lowest BCUT2D eigenvalue weighted by molar-refractivity contribution is -0.149. The minimum Gasteiger partial charge on any atom is -0.341 e. The lowest BCUT2D eigenvalue weighted by atomic mass is 10.2. The van der Waals surface area contributed by atoms with Crippen molar-refractivity contribution in [3.8, 4) is 0 Å². The van der Waals surface area contributed by atoms with Crippen molar-refractivity contribution in [2.75, 3.05) is 19.6 Å². The van der Waals surface area contributed by atoms with E-state index in [4.69, 9.17) is 0 Å². The maximum absolute atomic E-state index is 12.1. The number of alkyl halides is 3. The lowest BCUT2D eigenvalue weighted by Crippen LogP contribution is -2.41. The van der Waals surface area contributed by atoms with Gasteiger partial charge in [0.05, 0.1) is 6.42 Å². The molecule has 0 aromatic heterocycles. The molecule has 1 amide bonds. The van der Waals surface area contributed by atoms with E-state index in [1.54, 1.807) is 4.90 Å². The Morgan fingerprint density at radius 1 is 1.44 bits per heavy atom. The number of hydrogen-bond acceptors (Lipinski definition) is 2. The monoisotopic (exact) mass is 266 g/mol. The maximum Gasteiger partial charge on any atom is 0.389 e. The molecule has 1 heterocycles. The summed E-state index contributed by atoms with van der Waals surface area (Å²) in [6.07, 6.45) is -2.88. The van der Waals surface area contributed by atoms with E-state index in [2.05, 4.69) is 5.32 Å². The van der Waals surface area contributed by atoms with E-state index >= 15 is 0 Å². The quantitative estimate of drug-likeness (QED) is 0.800. The predicted octanol–water partition coefficient (Wildman–Crippen LogP) is 2.32. The average molecular weight is 266 g/mol. The molecule has 0 bridgehead atoms. The Morgan fingerprint density at radius 2 is 2.17 bits per heavy atom. The van der Waals surface area contributed by atoms with Crippen LogP contribution in [0.3, 0.4) is 0 Å². The first-order chi connectivity index (χ1) is 8.42. The standard InChI is InChI=1S/C12H21F3N2O/c1-2-8-17(9-10-4-3-7-16-10)11(18)5-6-12(13,14)15/h10,16H,2-9H2,1H3. The summed E-state index contributed by atoms with van der Waals surface area (Å²) in [5, 5.41) is 3.26. The number of halogens is 3. The number of hydrogen-bond donors (Lipinski definition) is 1. The summed E-state index contributed by atoms with van der Waals surface area (Å²) >= 11 is 0. The van der Waals surface area contributed by atoms with Gasteiger partial charge in [0, 0.05) is 25.6 Å². The number of carbonyl (C=O) groups excluding carboxylic acids is 1. The molecule has 0 aliphatic carbocycles. The van der Waals surface area contributed by atoms with Crippen molar-refractivity contribution >= 4 is 5.91 Å². The fraction of sp³-hybridized carbons (Fsp3) is 0.917. The number of nitrogens with zero attached hydrogens (tertiary/aromatic N) is 1. The van der Waals surface area contributed by atoms with Crippen LogP contribution < -0.4 is 5.32 Å². The summed E-state index contributed by atoms with van der Waals surface area (Å²) in [7, 11) is 0. The summed E-state index contributed by atoms with van der Waals surface area (Å²) in [6.45, 7) is 3.92. The second-order valence-electron chi connectivity index (χ2n) is 4.75. The molecular weight excluding hydrogens is 245 g/mol. The largest absolute Gasteiger partial charge is 0.389 e. The van der Waals surface area contributed by atoms with Crippen molar-refractivity contribution in [1.29, 1.82) is 0 Å². The Morgan fingerprint density at radius 3 is 2.67 bits per heavy atom.